The number of nitrogens with one attached hydrogen (secondary N) is 1. The van der Waals surface area contributed by atoms with Gasteiger partial charge < -0.3 is 16.3 Å². The van der Waals surface area contributed by atoms with Crippen molar-refractivity contribution in [1.82, 2.24) is 5.32 Å². The molecule has 4 N–H and O–H groups in total. The molecule has 0 spiro atoms. The van der Waals surface area contributed by atoms with Gasteiger partial charge in [-0.2, -0.15) is 0 Å². The Kier molecular flexibility index (Phi) is 4.61. The lowest BCUT2D eigenvalue weighted by Crippen LogP contribution is -2.30. The molecule has 0 aliphatic heterocycles. The largest absolute Gasteiger partial charge is 0.409 e. The Morgan fingerprint density at radius 1 is 1.35 bits per heavy atom. The summed E-state index contributed by atoms with van der Waals surface area (Å²) in [7, 11) is 0. The Hall–Kier alpha value is -2.04. The van der Waals surface area contributed by atoms with E-state index in [2.05, 4.69) is 17.4 Å². The summed E-state index contributed by atoms with van der Waals surface area (Å²) in [6.45, 7) is 2.98. The number of nitrogens with zero attached hydrogens (tertiary/aromatic N) is 1. The number of hydrogen-bond donors (Lipinski definition) is 3. The zero-order valence-corrected chi connectivity index (χ0v) is 11.7. The third-order valence-electron chi connectivity index (χ3n) is 4.11. The lowest BCUT2D eigenvalue weighted by atomic mass is 9.98. The zero-order valence-electron chi connectivity index (χ0n) is 11.7. The molecule has 1 fully saturated rings. The topological polar surface area (TPSA) is 87.7 Å². The van der Waals surface area contributed by atoms with Crippen molar-refractivity contribution in [3.05, 3.63) is 35.4 Å². The van der Waals surface area contributed by atoms with Crippen molar-refractivity contribution in [3.8, 4) is 0 Å². The number of amides is 1. The fourth-order valence-electron chi connectivity index (χ4n) is 2.70. The minimum Gasteiger partial charge on any atom is -0.409 e. The molecule has 0 heterocycles. The highest BCUT2D eigenvalue weighted by Crippen LogP contribution is 2.30. The molecule has 1 saturated carbocycles. The molecule has 0 radical (unpaired) electrons. The van der Waals surface area contributed by atoms with E-state index in [4.69, 9.17) is 10.9 Å². The van der Waals surface area contributed by atoms with E-state index in [1.54, 1.807) is 24.3 Å². The molecule has 1 aromatic rings. The van der Waals surface area contributed by atoms with Gasteiger partial charge in [0.25, 0.3) is 5.91 Å². The smallest absolute Gasteiger partial charge is 0.251 e. The van der Waals surface area contributed by atoms with Crippen LogP contribution >= 0.6 is 0 Å². The predicted octanol–water partition coefficient (Wildman–Crippen LogP) is 1.95. The van der Waals surface area contributed by atoms with Gasteiger partial charge >= 0.3 is 0 Å². The van der Waals surface area contributed by atoms with Crippen molar-refractivity contribution in [2.45, 2.75) is 26.2 Å². The maximum atomic E-state index is 12.0. The van der Waals surface area contributed by atoms with Crippen molar-refractivity contribution in [2.24, 2.45) is 22.7 Å². The minimum absolute atomic E-state index is 0.0386. The summed E-state index contributed by atoms with van der Waals surface area (Å²) in [5, 5.41) is 14.5. The third kappa shape index (κ3) is 3.29. The summed E-state index contributed by atoms with van der Waals surface area (Å²) in [6.07, 6.45) is 3.72. The summed E-state index contributed by atoms with van der Waals surface area (Å²) in [5.74, 6) is 1.25. The van der Waals surface area contributed by atoms with Crippen molar-refractivity contribution >= 4 is 11.7 Å². The van der Waals surface area contributed by atoms with Crippen LogP contribution in [0.2, 0.25) is 0 Å². The summed E-state index contributed by atoms with van der Waals surface area (Å²) < 4.78 is 0. The second-order valence-electron chi connectivity index (χ2n) is 5.44. The van der Waals surface area contributed by atoms with Crippen LogP contribution in [0.1, 0.15) is 42.1 Å². The van der Waals surface area contributed by atoms with Crippen molar-refractivity contribution in [1.29, 1.82) is 0 Å². The first-order chi connectivity index (χ1) is 9.61. The number of carbonyl (C=O) groups excluding carboxylic acids is 1. The maximum absolute atomic E-state index is 12.0. The SMILES string of the molecule is CC1CCCC1CNC(=O)c1ccc(/C(N)=N/O)cc1. The van der Waals surface area contributed by atoms with E-state index >= 15 is 0 Å². The maximum Gasteiger partial charge on any atom is 0.251 e. The van der Waals surface area contributed by atoms with Crippen molar-refractivity contribution < 1.29 is 10.0 Å². The van der Waals surface area contributed by atoms with Gasteiger partial charge in [0.2, 0.25) is 0 Å². The fourth-order valence-corrected chi connectivity index (χ4v) is 2.70. The first-order valence-electron chi connectivity index (χ1n) is 6.98. The molecule has 5 heteroatoms. The summed E-state index contributed by atoms with van der Waals surface area (Å²) >= 11 is 0. The van der Waals surface area contributed by atoms with Gasteiger partial charge in [-0.05, 0) is 30.4 Å². The van der Waals surface area contributed by atoms with Gasteiger partial charge in [-0.3, -0.25) is 4.79 Å². The number of benzene rings is 1. The van der Waals surface area contributed by atoms with E-state index in [9.17, 15) is 4.79 Å². The van der Waals surface area contributed by atoms with Gasteiger partial charge in [0.05, 0.1) is 0 Å². The fraction of sp³-hybridized carbons (Fsp3) is 0.467. The molecule has 0 bridgehead atoms. The van der Waals surface area contributed by atoms with Gasteiger partial charge in [-0.25, -0.2) is 0 Å². The average molecular weight is 275 g/mol. The highest BCUT2D eigenvalue weighted by atomic mass is 16.4. The van der Waals surface area contributed by atoms with E-state index in [1.807, 2.05) is 0 Å². The number of hydrogen-bond acceptors (Lipinski definition) is 3. The highest BCUT2D eigenvalue weighted by molar-refractivity contribution is 5.99. The molecular weight excluding hydrogens is 254 g/mol. The average Bonchev–Trinajstić information content (AvgIpc) is 2.89. The quantitative estimate of drug-likeness (QED) is 0.339. The van der Waals surface area contributed by atoms with Gasteiger partial charge in [0.15, 0.2) is 5.84 Å². The first kappa shape index (κ1) is 14.4. The van der Waals surface area contributed by atoms with Gasteiger partial charge in [-0.15, -0.1) is 0 Å². The molecule has 2 unspecified atom stereocenters. The van der Waals surface area contributed by atoms with Crippen LogP contribution in [0, 0.1) is 11.8 Å². The van der Waals surface area contributed by atoms with E-state index in [-0.39, 0.29) is 11.7 Å². The second kappa shape index (κ2) is 6.41. The van der Waals surface area contributed by atoms with Crippen LogP contribution in [0.15, 0.2) is 29.4 Å². The Bertz CT molecular complexity index is 496. The molecule has 2 rings (SSSR count). The molecule has 1 aliphatic carbocycles. The van der Waals surface area contributed by atoms with Gasteiger partial charge in [0, 0.05) is 17.7 Å². The van der Waals surface area contributed by atoms with E-state index in [0.29, 0.717) is 23.0 Å². The van der Waals surface area contributed by atoms with E-state index in [1.165, 1.54) is 19.3 Å². The lowest BCUT2D eigenvalue weighted by Gasteiger charge is -2.15. The van der Waals surface area contributed by atoms with Gasteiger partial charge in [0.1, 0.15) is 0 Å². The molecule has 0 saturated heterocycles. The number of oxime groups is 1. The Morgan fingerprint density at radius 3 is 2.55 bits per heavy atom. The number of nitrogens with two attached hydrogens (primary N) is 1. The second-order valence-corrected chi connectivity index (χ2v) is 5.44. The van der Waals surface area contributed by atoms with Gasteiger partial charge in [-0.1, -0.05) is 37.1 Å². The molecule has 2 atom stereocenters. The lowest BCUT2D eigenvalue weighted by molar-refractivity contribution is 0.0944. The van der Waals surface area contributed by atoms with E-state index in [0.717, 1.165) is 6.54 Å². The van der Waals surface area contributed by atoms with Crippen molar-refractivity contribution in [3.63, 3.8) is 0 Å². The van der Waals surface area contributed by atoms with Crippen LogP contribution in [-0.4, -0.2) is 23.5 Å². The summed E-state index contributed by atoms with van der Waals surface area (Å²) in [6, 6.07) is 6.70. The number of carbonyl (C=O) groups is 1. The van der Waals surface area contributed by atoms with Crippen LogP contribution < -0.4 is 11.1 Å². The molecule has 5 nitrogen and oxygen atoms in total. The minimum atomic E-state index is -0.0739. The Balaban J connectivity index is 1.92. The standard InChI is InChI=1S/C15H21N3O2/c1-10-3-2-4-13(10)9-17-15(19)12-7-5-11(6-8-12)14(16)18-20/h5-8,10,13,20H,2-4,9H2,1H3,(H2,16,18)(H,17,19). The van der Waals surface area contributed by atoms with E-state index < -0.39 is 0 Å². The molecule has 108 valence electrons. The highest BCUT2D eigenvalue weighted by Gasteiger charge is 2.23. The first-order valence-corrected chi connectivity index (χ1v) is 6.98. The van der Waals surface area contributed by atoms with Crippen molar-refractivity contribution in [2.75, 3.05) is 6.54 Å². The third-order valence-corrected chi connectivity index (χ3v) is 4.11. The van der Waals surface area contributed by atoms with Crippen LogP contribution in [-0.2, 0) is 0 Å². The van der Waals surface area contributed by atoms with Crippen LogP contribution in [0.3, 0.4) is 0 Å². The molecule has 20 heavy (non-hydrogen) atoms. The monoisotopic (exact) mass is 275 g/mol. The zero-order chi connectivity index (χ0) is 14.5. The molecule has 0 aromatic heterocycles. The summed E-state index contributed by atoms with van der Waals surface area (Å²) in [4.78, 5) is 12.0. The Morgan fingerprint density at radius 2 is 2.00 bits per heavy atom. The predicted molar refractivity (Wildman–Crippen MR) is 77.8 cm³/mol. The molecule has 1 amide bonds. The summed E-state index contributed by atoms with van der Waals surface area (Å²) in [5.41, 5.74) is 6.66. The molecule has 1 aliphatic rings. The normalized spacial score (nSPS) is 22.8. The van der Waals surface area contributed by atoms with Crippen LogP contribution in [0.25, 0.3) is 0 Å². The molecule has 1 aromatic carbocycles. The van der Waals surface area contributed by atoms with Crippen LogP contribution in [0.5, 0.6) is 0 Å². The number of rotatable bonds is 4. The number of amidine groups is 1. The van der Waals surface area contributed by atoms with Crippen LogP contribution in [0.4, 0.5) is 0 Å². The Labute approximate surface area is 118 Å². The molecular formula is C15H21N3O2.